The van der Waals surface area contributed by atoms with Crippen molar-refractivity contribution in [3.8, 4) is 5.69 Å². The van der Waals surface area contributed by atoms with Gasteiger partial charge in [0.15, 0.2) is 5.82 Å². The summed E-state index contributed by atoms with van der Waals surface area (Å²) in [7, 11) is 0. The van der Waals surface area contributed by atoms with Crippen LogP contribution < -0.4 is 5.32 Å². The van der Waals surface area contributed by atoms with Gasteiger partial charge in [-0.3, -0.25) is 0 Å². The molecule has 1 atom stereocenters. The lowest BCUT2D eigenvalue weighted by molar-refractivity contribution is 0.00240. The van der Waals surface area contributed by atoms with Crippen LogP contribution >= 0.6 is 0 Å². The van der Waals surface area contributed by atoms with Crippen LogP contribution in [-0.2, 0) is 6.54 Å². The third-order valence-electron chi connectivity index (χ3n) is 2.66. The Bertz CT molecular complexity index is 512. The second kappa shape index (κ2) is 5.87. The Morgan fingerprint density at radius 1 is 1.32 bits per heavy atom. The lowest BCUT2D eigenvalue weighted by Gasteiger charge is -2.20. The number of nitrogens with one attached hydrogen (secondary N) is 1. The molecule has 19 heavy (non-hydrogen) atoms. The lowest BCUT2D eigenvalue weighted by Crippen LogP contribution is -2.41. The first-order chi connectivity index (χ1) is 9.12. The number of hydrogen-bond acceptors (Lipinski definition) is 6. The van der Waals surface area contributed by atoms with E-state index in [0.717, 1.165) is 5.69 Å². The molecule has 2 rings (SSSR count). The van der Waals surface area contributed by atoms with Crippen LogP contribution in [0.15, 0.2) is 30.3 Å². The molecule has 2 aromatic rings. The highest BCUT2D eigenvalue weighted by Crippen LogP contribution is 2.07. The van der Waals surface area contributed by atoms with Crippen molar-refractivity contribution in [2.45, 2.75) is 19.1 Å². The number of para-hydroxylation sites is 1. The topological polar surface area (TPSA) is 96.1 Å². The van der Waals surface area contributed by atoms with Crippen molar-refractivity contribution >= 4 is 0 Å². The summed E-state index contributed by atoms with van der Waals surface area (Å²) in [5, 5.41) is 33.1. The molecule has 1 unspecified atom stereocenters. The van der Waals surface area contributed by atoms with Crippen molar-refractivity contribution < 1.29 is 10.2 Å². The molecule has 102 valence electrons. The molecular formula is C12H17N5O2. The fraction of sp³-hybridized carbons (Fsp3) is 0.417. The first-order valence-corrected chi connectivity index (χ1v) is 5.99. The third-order valence-corrected chi connectivity index (χ3v) is 2.66. The molecular weight excluding hydrogens is 246 g/mol. The zero-order valence-corrected chi connectivity index (χ0v) is 10.7. The maximum Gasteiger partial charge on any atom is 0.170 e. The number of benzene rings is 1. The summed E-state index contributed by atoms with van der Waals surface area (Å²) < 4.78 is 1.63. The predicted octanol–water partition coefficient (Wildman–Crippen LogP) is -0.505. The van der Waals surface area contributed by atoms with E-state index in [1.807, 2.05) is 30.3 Å². The normalized spacial score (nSPS) is 14.3. The maximum absolute atomic E-state index is 9.67. The number of tetrazole rings is 1. The van der Waals surface area contributed by atoms with Crippen molar-refractivity contribution in [2.75, 3.05) is 13.2 Å². The second-order valence-corrected chi connectivity index (χ2v) is 4.60. The maximum atomic E-state index is 9.67. The number of hydrogen-bond donors (Lipinski definition) is 3. The van der Waals surface area contributed by atoms with Crippen LogP contribution in [0.25, 0.3) is 5.69 Å². The average molecular weight is 263 g/mol. The summed E-state index contributed by atoms with van der Waals surface area (Å²) in [5.74, 6) is 0.639. The van der Waals surface area contributed by atoms with E-state index >= 15 is 0 Å². The Morgan fingerprint density at radius 3 is 2.74 bits per heavy atom. The van der Waals surface area contributed by atoms with Crippen molar-refractivity contribution in [2.24, 2.45) is 0 Å². The smallest absolute Gasteiger partial charge is 0.170 e. The van der Waals surface area contributed by atoms with Crippen LogP contribution in [0.2, 0.25) is 0 Å². The van der Waals surface area contributed by atoms with E-state index in [4.69, 9.17) is 5.11 Å². The fourth-order valence-electron chi connectivity index (χ4n) is 1.59. The third kappa shape index (κ3) is 3.57. The minimum absolute atomic E-state index is 0.255. The van der Waals surface area contributed by atoms with Crippen LogP contribution in [-0.4, -0.2) is 49.2 Å². The molecule has 1 heterocycles. The monoisotopic (exact) mass is 263 g/mol. The Labute approximate surface area is 110 Å². The molecule has 3 N–H and O–H groups in total. The van der Waals surface area contributed by atoms with Gasteiger partial charge in [-0.2, -0.15) is 4.68 Å². The Balaban J connectivity index is 2.01. The zero-order chi connectivity index (χ0) is 13.7. The largest absolute Gasteiger partial charge is 0.393 e. The highest BCUT2D eigenvalue weighted by molar-refractivity contribution is 5.30. The molecule has 0 aliphatic heterocycles. The summed E-state index contributed by atoms with van der Waals surface area (Å²) >= 11 is 0. The van der Waals surface area contributed by atoms with Gasteiger partial charge in [-0.15, -0.1) is 5.10 Å². The SMILES string of the molecule is CC(O)(CO)CNCc1nnnn1-c1ccccc1. The molecule has 0 amide bonds. The highest BCUT2D eigenvalue weighted by Gasteiger charge is 2.18. The number of nitrogens with zero attached hydrogens (tertiary/aromatic N) is 4. The molecule has 0 radical (unpaired) electrons. The molecule has 0 saturated carbocycles. The van der Waals surface area contributed by atoms with Crippen molar-refractivity contribution in [3.63, 3.8) is 0 Å². The van der Waals surface area contributed by atoms with Crippen molar-refractivity contribution in [1.82, 2.24) is 25.5 Å². The molecule has 0 spiro atoms. The first-order valence-electron chi connectivity index (χ1n) is 5.99. The zero-order valence-electron chi connectivity index (χ0n) is 10.7. The van der Waals surface area contributed by atoms with Crippen molar-refractivity contribution in [1.29, 1.82) is 0 Å². The van der Waals surface area contributed by atoms with E-state index in [-0.39, 0.29) is 13.2 Å². The Morgan fingerprint density at radius 2 is 2.05 bits per heavy atom. The Kier molecular flexibility index (Phi) is 4.20. The van der Waals surface area contributed by atoms with Gasteiger partial charge in [-0.05, 0) is 29.5 Å². The van der Waals surface area contributed by atoms with Crippen LogP contribution in [0, 0.1) is 0 Å². The van der Waals surface area contributed by atoms with Gasteiger partial charge in [-0.25, -0.2) is 0 Å². The van der Waals surface area contributed by atoms with E-state index in [9.17, 15) is 5.11 Å². The standard InChI is InChI=1S/C12H17N5O2/c1-12(19,9-18)8-13-7-11-14-15-16-17(11)10-5-3-2-4-6-10/h2-6,13,18-19H,7-9H2,1H3. The van der Waals surface area contributed by atoms with Gasteiger partial charge in [0.1, 0.15) is 0 Å². The molecule has 0 saturated heterocycles. The molecule has 0 aliphatic carbocycles. The minimum atomic E-state index is -1.15. The van der Waals surface area contributed by atoms with Gasteiger partial charge in [0.25, 0.3) is 0 Å². The van der Waals surface area contributed by atoms with E-state index in [0.29, 0.717) is 12.4 Å². The van der Waals surface area contributed by atoms with Gasteiger partial charge in [0.2, 0.25) is 0 Å². The molecule has 0 fully saturated rings. The molecule has 7 heteroatoms. The average Bonchev–Trinajstić information content (AvgIpc) is 2.88. The van der Waals surface area contributed by atoms with Crippen LogP contribution in [0.3, 0.4) is 0 Å². The summed E-state index contributed by atoms with van der Waals surface area (Å²) in [6.45, 7) is 1.91. The lowest BCUT2D eigenvalue weighted by atomic mass is 10.1. The van der Waals surface area contributed by atoms with Gasteiger partial charge >= 0.3 is 0 Å². The molecule has 1 aromatic carbocycles. The van der Waals surface area contributed by atoms with Gasteiger partial charge in [-0.1, -0.05) is 18.2 Å². The quantitative estimate of drug-likeness (QED) is 0.650. The van der Waals surface area contributed by atoms with Gasteiger partial charge in [0, 0.05) is 6.54 Å². The molecule has 0 bridgehead atoms. The van der Waals surface area contributed by atoms with E-state index in [1.54, 1.807) is 11.6 Å². The highest BCUT2D eigenvalue weighted by atomic mass is 16.3. The number of rotatable bonds is 6. The van der Waals surface area contributed by atoms with Gasteiger partial charge < -0.3 is 15.5 Å². The van der Waals surface area contributed by atoms with Crippen LogP contribution in [0.5, 0.6) is 0 Å². The van der Waals surface area contributed by atoms with Crippen LogP contribution in [0.1, 0.15) is 12.7 Å². The number of aromatic nitrogens is 4. The second-order valence-electron chi connectivity index (χ2n) is 4.60. The predicted molar refractivity (Wildman–Crippen MR) is 68.6 cm³/mol. The van der Waals surface area contributed by atoms with Crippen LogP contribution in [0.4, 0.5) is 0 Å². The molecule has 0 aliphatic rings. The van der Waals surface area contributed by atoms with E-state index in [2.05, 4.69) is 20.8 Å². The summed E-state index contributed by atoms with van der Waals surface area (Å²) in [4.78, 5) is 0. The van der Waals surface area contributed by atoms with E-state index < -0.39 is 5.60 Å². The molecule has 1 aromatic heterocycles. The van der Waals surface area contributed by atoms with Gasteiger partial charge in [0.05, 0.1) is 24.4 Å². The summed E-state index contributed by atoms with van der Waals surface area (Å²) in [6, 6.07) is 9.55. The van der Waals surface area contributed by atoms with Crippen molar-refractivity contribution in [3.05, 3.63) is 36.2 Å². The molecule has 7 nitrogen and oxygen atoms in total. The summed E-state index contributed by atoms with van der Waals surface area (Å²) in [6.07, 6.45) is 0. The number of aliphatic hydroxyl groups excluding tert-OH is 1. The first kappa shape index (κ1) is 13.6. The van der Waals surface area contributed by atoms with E-state index in [1.165, 1.54) is 0 Å². The number of aliphatic hydroxyl groups is 2. The summed E-state index contributed by atoms with van der Waals surface area (Å²) in [5.41, 5.74) is -0.274. The Hall–Kier alpha value is -1.83. The minimum Gasteiger partial charge on any atom is -0.393 e. The fourth-order valence-corrected chi connectivity index (χ4v) is 1.59.